The molecule has 0 unspecified atom stereocenters. The van der Waals surface area contributed by atoms with Gasteiger partial charge in [-0.15, -0.1) is 0 Å². The summed E-state index contributed by atoms with van der Waals surface area (Å²) in [7, 11) is 0. The first-order valence-corrected chi connectivity index (χ1v) is 10.7. The van der Waals surface area contributed by atoms with Crippen molar-refractivity contribution in [1.29, 1.82) is 0 Å². The predicted octanol–water partition coefficient (Wildman–Crippen LogP) is 6.15. The molecule has 2 aromatic carbocycles. The molecule has 0 saturated carbocycles. The van der Waals surface area contributed by atoms with Crippen molar-refractivity contribution < 1.29 is 4.79 Å². The number of Topliss-reactive ketones (excluding diaryl/α,β-unsaturated/α-hetero) is 1. The van der Waals surface area contributed by atoms with Crippen molar-refractivity contribution >= 4 is 50.5 Å². The van der Waals surface area contributed by atoms with Crippen LogP contribution < -0.4 is 5.32 Å². The molecule has 1 N–H and O–H groups in total. The van der Waals surface area contributed by atoms with Gasteiger partial charge in [-0.25, -0.2) is 0 Å². The van der Waals surface area contributed by atoms with Crippen LogP contribution in [0.3, 0.4) is 0 Å². The summed E-state index contributed by atoms with van der Waals surface area (Å²) in [5.41, 5.74) is 6.48. The van der Waals surface area contributed by atoms with Gasteiger partial charge in [-0.1, -0.05) is 38.1 Å². The first kappa shape index (κ1) is 17.9. The van der Waals surface area contributed by atoms with Crippen LogP contribution >= 0.6 is 22.6 Å². The van der Waals surface area contributed by atoms with Gasteiger partial charge in [0.2, 0.25) is 0 Å². The standard InChI is InChI=1S/C24H21IN2O/c1-24(2)12-16-21-15-7-5-11-26-18(15)9-10-19(21)27-23(22(16)20(28)13-24)14-6-3-4-8-17(14)25/h3-11,23,27H,12-13H2,1-2H3/t23-/m0/s1. The Morgan fingerprint density at radius 1 is 1.07 bits per heavy atom. The van der Waals surface area contributed by atoms with Gasteiger partial charge >= 0.3 is 0 Å². The van der Waals surface area contributed by atoms with Crippen LogP contribution in [0.15, 0.2) is 60.3 Å². The summed E-state index contributed by atoms with van der Waals surface area (Å²) in [6.07, 6.45) is 3.31. The van der Waals surface area contributed by atoms with Crippen molar-refractivity contribution in [3.05, 3.63) is 75.0 Å². The molecule has 3 aromatic rings. The molecule has 2 aliphatic rings. The van der Waals surface area contributed by atoms with E-state index in [4.69, 9.17) is 0 Å². The molecule has 5 rings (SSSR count). The van der Waals surface area contributed by atoms with Crippen molar-refractivity contribution in [2.75, 3.05) is 5.32 Å². The highest BCUT2D eigenvalue weighted by atomic mass is 127. The van der Waals surface area contributed by atoms with Crippen LogP contribution in [0.1, 0.15) is 43.9 Å². The smallest absolute Gasteiger partial charge is 0.162 e. The second-order valence-corrected chi connectivity index (χ2v) is 9.65. The van der Waals surface area contributed by atoms with Gasteiger partial charge in [0.05, 0.1) is 11.6 Å². The third kappa shape index (κ3) is 2.77. The number of carbonyl (C=O) groups excluding carboxylic acids is 1. The number of hydrogen-bond donors (Lipinski definition) is 1. The fourth-order valence-electron chi connectivity index (χ4n) is 4.66. The lowest BCUT2D eigenvalue weighted by atomic mass is 9.68. The Labute approximate surface area is 178 Å². The third-order valence-electron chi connectivity index (χ3n) is 5.81. The summed E-state index contributed by atoms with van der Waals surface area (Å²) in [6, 6.07) is 16.5. The number of aromatic nitrogens is 1. The lowest BCUT2D eigenvalue weighted by Crippen LogP contribution is -2.33. The van der Waals surface area contributed by atoms with E-state index < -0.39 is 0 Å². The highest BCUT2D eigenvalue weighted by Crippen LogP contribution is 2.52. The Balaban J connectivity index is 1.83. The van der Waals surface area contributed by atoms with Crippen LogP contribution in [0.4, 0.5) is 5.69 Å². The van der Waals surface area contributed by atoms with Crippen LogP contribution in [-0.2, 0) is 4.79 Å². The number of rotatable bonds is 1. The zero-order chi connectivity index (χ0) is 19.5. The van der Waals surface area contributed by atoms with E-state index in [1.165, 1.54) is 14.7 Å². The molecule has 0 amide bonds. The van der Waals surface area contributed by atoms with Gasteiger partial charge in [0, 0.05) is 38.4 Å². The topological polar surface area (TPSA) is 42.0 Å². The second kappa shape index (κ2) is 6.41. The molecule has 1 aromatic heterocycles. The molecule has 140 valence electrons. The molecule has 0 saturated heterocycles. The Bertz CT molecular complexity index is 1160. The zero-order valence-electron chi connectivity index (χ0n) is 15.9. The average molecular weight is 480 g/mol. The monoisotopic (exact) mass is 480 g/mol. The Hall–Kier alpha value is -2.21. The number of pyridine rings is 1. The van der Waals surface area contributed by atoms with Gasteiger partial charge in [0.1, 0.15) is 0 Å². The second-order valence-electron chi connectivity index (χ2n) is 8.49. The highest BCUT2D eigenvalue weighted by molar-refractivity contribution is 14.1. The summed E-state index contributed by atoms with van der Waals surface area (Å²) < 4.78 is 1.17. The number of fused-ring (bicyclic) bond motifs is 4. The molecule has 0 bridgehead atoms. The lowest BCUT2D eigenvalue weighted by molar-refractivity contribution is -0.118. The van der Waals surface area contributed by atoms with Gasteiger partial charge in [-0.05, 0) is 69.8 Å². The predicted molar refractivity (Wildman–Crippen MR) is 122 cm³/mol. The first-order valence-electron chi connectivity index (χ1n) is 9.60. The summed E-state index contributed by atoms with van der Waals surface area (Å²) in [4.78, 5) is 17.9. The third-order valence-corrected chi connectivity index (χ3v) is 6.79. The first-order chi connectivity index (χ1) is 13.4. The van der Waals surface area contributed by atoms with Crippen LogP contribution in [0.2, 0.25) is 0 Å². The highest BCUT2D eigenvalue weighted by Gasteiger charge is 2.41. The van der Waals surface area contributed by atoms with Crippen LogP contribution in [0.5, 0.6) is 0 Å². The van der Waals surface area contributed by atoms with E-state index in [2.05, 4.69) is 83.1 Å². The average Bonchev–Trinajstić information content (AvgIpc) is 2.66. The fraction of sp³-hybridized carbons (Fsp3) is 0.250. The molecule has 28 heavy (non-hydrogen) atoms. The number of hydrogen-bond acceptors (Lipinski definition) is 3. The molecule has 3 nitrogen and oxygen atoms in total. The number of nitrogens with zero attached hydrogens (tertiary/aromatic N) is 1. The van der Waals surface area contributed by atoms with E-state index in [9.17, 15) is 4.79 Å². The van der Waals surface area contributed by atoms with E-state index >= 15 is 0 Å². The minimum absolute atomic E-state index is 0.0384. The summed E-state index contributed by atoms with van der Waals surface area (Å²) in [5, 5.41) is 4.81. The SMILES string of the molecule is CC1(C)CC(=O)C2=C(C1)c1c(ccc3ncccc13)N[C@H]2c1ccccc1I. The summed E-state index contributed by atoms with van der Waals surface area (Å²) in [5.74, 6) is 0.259. The van der Waals surface area contributed by atoms with Crippen LogP contribution in [-0.4, -0.2) is 10.8 Å². The van der Waals surface area contributed by atoms with E-state index in [0.29, 0.717) is 6.42 Å². The largest absolute Gasteiger partial charge is 0.373 e. The molecule has 0 radical (unpaired) electrons. The minimum atomic E-state index is -0.103. The summed E-state index contributed by atoms with van der Waals surface area (Å²) in [6.45, 7) is 4.39. The van der Waals surface area contributed by atoms with Gasteiger partial charge in [-0.3, -0.25) is 9.78 Å². The molecular formula is C24H21IN2O. The van der Waals surface area contributed by atoms with Crippen LogP contribution in [0, 0.1) is 8.99 Å². The van der Waals surface area contributed by atoms with E-state index in [1.54, 1.807) is 0 Å². The van der Waals surface area contributed by atoms with Crippen molar-refractivity contribution in [2.24, 2.45) is 5.41 Å². The molecule has 0 spiro atoms. The quantitative estimate of drug-likeness (QED) is 0.425. The van der Waals surface area contributed by atoms with Crippen LogP contribution in [0.25, 0.3) is 16.5 Å². The van der Waals surface area contributed by atoms with Gasteiger partial charge in [-0.2, -0.15) is 0 Å². The fourth-order valence-corrected chi connectivity index (χ4v) is 5.36. The maximum atomic E-state index is 13.4. The van der Waals surface area contributed by atoms with Gasteiger partial charge < -0.3 is 5.32 Å². The molecule has 1 aliphatic carbocycles. The molecule has 0 fully saturated rings. The van der Waals surface area contributed by atoms with Crippen molar-refractivity contribution in [3.63, 3.8) is 0 Å². The Morgan fingerprint density at radius 2 is 1.89 bits per heavy atom. The molecule has 1 atom stereocenters. The maximum absolute atomic E-state index is 13.4. The number of ketones is 1. The molecule has 2 heterocycles. The van der Waals surface area contributed by atoms with Crippen molar-refractivity contribution in [1.82, 2.24) is 4.98 Å². The lowest BCUT2D eigenvalue weighted by Gasteiger charge is -2.40. The zero-order valence-corrected chi connectivity index (χ0v) is 18.1. The number of allylic oxidation sites excluding steroid dienone is 1. The van der Waals surface area contributed by atoms with Gasteiger partial charge in [0.25, 0.3) is 0 Å². The number of benzene rings is 2. The molecule has 4 heteroatoms. The molecule has 1 aliphatic heterocycles. The Morgan fingerprint density at radius 3 is 2.71 bits per heavy atom. The Kier molecular flexibility index (Phi) is 4.09. The summed E-state index contributed by atoms with van der Waals surface area (Å²) >= 11 is 2.37. The van der Waals surface area contributed by atoms with E-state index in [0.717, 1.165) is 34.1 Å². The van der Waals surface area contributed by atoms with Gasteiger partial charge in [0.15, 0.2) is 5.78 Å². The van der Waals surface area contributed by atoms with Crippen molar-refractivity contribution in [2.45, 2.75) is 32.7 Å². The number of carbonyl (C=O) groups is 1. The number of nitrogens with one attached hydrogen (secondary N) is 1. The maximum Gasteiger partial charge on any atom is 0.162 e. The number of halogens is 1. The van der Waals surface area contributed by atoms with E-state index in [-0.39, 0.29) is 17.2 Å². The normalized spacial score (nSPS) is 20.5. The van der Waals surface area contributed by atoms with E-state index in [1.807, 2.05) is 18.3 Å². The molecular weight excluding hydrogens is 459 g/mol. The van der Waals surface area contributed by atoms with Crippen molar-refractivity contribution in [3.8, 4) is 0 Å². The number of anilines is 1. The minimum Gasteiger partial charge on any atom is -0.373 e.